The van der Waals surface area contributed by atoms with Crippen molar-refractivity contribution < 1.29 is 162 Å². The molecule has 704 valence electrons. The standard InChI is InChI=1S/C84H134N6O34/c1-15-63(103)38-39-71(107)121-65(16-2)81(108)90(44-33-40-85-69(105)36-24-18-21-31-46-110-83-73(87-52(4)92)79(119-61(13)101)76(116-58(10)98)67(123-83)49-113-55(7)95)43-29-28-42-89(70(106)37-25-19-22-32-47-111-84-74(88-53(5)93)80(120-62(14)102)77(117-59(11)99)68(124-84)50-114-56(8)96)41-27-26-35-64(104)34-23-17-20-30-45-109-82-72(86-51(3)91)78(118-60(12)100)75(115-57(9)97)66(122-82)48-112-54(6)94/h65-68,72-80,82-84H,15-50H2,1-14H3,(H,85,105)(H,86,91)(H,87,92)(H,88,93)/t65?,66?,67?,68?,72?,73?,74?,75-,76-,77-,78+,79+,80+,82+,83+,84+/m0/s1. The van der Waals surface area contributed by atoms with Crippen LogP contribution < -0.4 is 21.3 Å². The summed E-state index contributed by atoms with van der Waals surface area (Å²) in [5.41, 5.74) is 0. The Labute approximate surface area is 724 Å². The van der Waals surface area contributed by atoms with Gasteiger partial charge in [0.25, 0.3) is 5.91 Å². The summed E-state index contributed by atoms with van der Waals surface area (Å²) in [7, 11) is 0. The van der Waals surface area contributed by atoms with E-state index in [1.54, 1.807) is 23.6 Å². The van der Waals surface area contributed by atoms with E-state index < -0.39 is 195 Å². The largest absolute Gasteiger partial charge is 0.463 e. The molecule has 0 aliphatic carbocycles. The van der Waals surface area contributed by atoms with Gasteiger partial charge in [0.15, 0.2) is 61.6 Å². The summed E-state index contributed by atoms with van der Waals surface area (Å²) < 4.78 is 90.8. The van der Waals surface area contributed by atoms with Gasteiger partial charge < -0.3 is 107 Å². The number of unbranched alkanes of at least 4 members (excludes halogenated alkanes) is 11. The Morgan fingerprint density at radius 1 is 0.331 bits per heavy atom. The zero-order valence-electron chi connectivity index (χ0n) is 74.5. The second kappa shape index (κ2) is 60.3. The molecule has 3 heterocycles. The first-order chi connectivity index (χ1) is 58.8. The molecular weight excluding hydrogens is 1640 g/mol. The lowest BCUT2D eigenvalue weighted by Crippen LogP contribution is -2.66. The molecule has 0 aromatic carbocycles. The molecular formula is C84H134N6O34. The Balaban J connectivity index is 1.72. The minimum atomic E-state index is -1.31. The number of carbonyl (C=O) groups excluding carboxylic acids is 18. The molecule has 3 saturated heterocycles. The van der Waals surface area contributed by atoms with Crippen molar-refractivity contribution in [1.82, 2.24) is 31.1 Å². The van der Waals surface area contributed by atoms with E-state index in [9.17, 15) is 86.3 Å². The van der Waals surface area contributed by atoms with Crippen LogP contribution in [-0.2, 0) is 162 Å². The Bertz CT molecular complexity index is 3450. The number of nitrogens with one attached hydrogen (secondary N) is 4. The number of ketones is 2. The first-order valence-corrected chi connectivity index (χ1v) is 43.0. The number of hydrogen-bond acceptors (Lipinski definition) is 34. The zero-order chi connectivity index (χ0) is 92.4. The van der Waals surface area contributed by atoms with Crippen molar-refractivity contribution in [3.8, 4) is 0 Å². The Morgan fingerprint density at radius 2 is 0.653 bits per heavy atom. The van der Waals surface area contributed by atoms with E-state index >= 15 is 0 Å². The SMILES string of the molecule is CCC(=O)CCC(=O)OC(CC)C(=O)N(CCCCN(CCCCC(=O)CCCCCCO[C@@H]1OC(COC(C)=O)[C@H](OC(C)=O)[C@H](OC(C)=O)C1NC(C)=O)C(=O)CCCCCCO[C@@H]1OC(COC(C)=O)[C@H](OC(C)=O)[C@H](OC(C)=O)C1NC(C)=O)CCCNC(=O)CCCCCCO[C@@H]1OC(COC(C)=O)[C@H](OC(C)=O)[C@H](OC(C)=O)C1NC(C)=O. The summed E-state index contributed by atoms with van der Waals surface area (Å²) in [6.07, 6.45) is -6.57. The number of esters is 10. The van der Waals surface area contributed by atoms with Crippen molar-refractivity contribution >= 4 is 107 Å². The third-order valence-corrected chi connectivity index (χ3v) is 19.7. The van der Waals surface area contributed by atoms with Crippen LogP contribution in [-0.4, -0.2) is 287 Å². The van der Waals surface area contributed by atoms with Crippen LogP contribution in [0.4, 0.5) is 0 Å². The quantitative estimate of drug-likeness (QED) is 0.0366. The van der Waals surface area contributed by atoms with E-state index in [0.717, 1.165) is 41.5 Å². The van der Waals surface area contributed by atoms with Crippen molar-refractivity contribution in [2.45, 2.75) is 355 Å². The highest BCUT2D eigenvalue weighted by atomic mass is 16.7. The number of ether oxygens (including phenoxy) is 16. The van der Waals surface area contributed by atoms with Crippen molar-refractivity contribution in [1.29, 1.82) is 0 Å². The van der Waals surface area contributed by atoms with Crippen molar-refractivity contribution in [3.05, 3.63) is 0 Å². The summed E-state index contributed by atoms with van der Waals surface area (Å²) in [4.78, 5) is 230. The molecule has 3 aliphatic heterocycles. The monoisotopic (exact) mass is 1770 g/mol. The number of amides is 6. The molecule has 124 heavy (non-hydrogen) atoms. The summed E-state index contributed by atoms with van der Waals surface area (Å²) in [6.45, 7) is 17.5. The minimum Gasteiger partial charge on any atom is -0.463 e. The maximum absolute atomic E-state index is 14.4. The summed E-state index contributed by atoms with van der Waals surface area (Å²) in [5.74, 6) is -9.80. The molecule has 7 unspecified atom stereocenters. The molecule has 16 atom stereocenters. The van der Waals surface area contributed by atoms with Gasteiger partial charge in [-0.2, -0.15) is 0 Å². The first kappa shape index (κ1) is 109. The van der Waals surface area contributed by atoms with Crippen molar-refractivity contribution in [3.63, 3.8) is 0 Å². The van der Waals surface area contributed by atoms with Gasteiger partial charge >= 0.3 is 59.7 Å². The molecule has 3 fully saturated rings. The summed E-state index contributed by atoms with van der Waals surface area (Å²) in [5, 5.41) is 10.9. The zero-order valence-corrected chi connectivity index (χ0v) is 74.5. The predicted molar refractivity (Wildman–Crippen MR) is 433 cm³/mol. The first-order valence-electron chi connectivity index (χ1n) is 43.0. The van der Waals surface area contributed by atoms with E-state index in [2.05, 4.69) is 21.3 Å². The second-order valence-corrected chi connectivity index (χ2v) is 30.7. The van der Waals surface area contributed by atoms with Crippen molar-refractivity contribution in [2.75, 3.05) is 72.4 Å². The Kier molecular flexibility index (Phi) is 52.9. The van der Waals surface area contributed by atoms with Gasteiger partial charge in [0.05, 0.1) is 6.42 Å². The van der Waals surface area contributed by atoms with Gasteiger partial charge in [0.2, 0.25) is 29.5 Å². The van der Waals surface area contributed by atoms with Gasteiger partial charge in [-0.1, -0.05) is 52.4 Å². The van der Waals surface area contributed by atoms with Gasteiger partial charge in [-0.05, 0) is 77.0 Å². The van der Waals surface area contributed by atoms with Crippen LogP contribution in [0.25, 0.3) is 0 Å². The molecule has 0 aromatic heterocycles. The molecule has 6 amide bonds. The van der Waals surface area contributed by atoms with Crippen LogP contribution in [0.1, 0.15) is 257 Å². The van der Waals surface area contributed by atoms with Crippen LogP contribution in [0.5, 0.6) is 0 Å². The van der Waals surface area contributed by atoms with Gasteiger partial charge in [-0.3, -0.25) is 86.3 Å². The topological polar surface area (TPSA) is 510 Å². The van der Waals surface area contributed by atoms with Crippen LogP contribution in [0.2, 0.25) is 0 Å². The van der Waals surface area contributed by atoms with E-state index in [4.69, 9.17) is 75.8 Å². The lowest BCUT2D eigenvalue weighted by Gasteiger charge is -2.44. The number of carbonyl (C=O) groups is 18. The molecule has 3 aliphatic rings. The van der Waals surface area contributed by atoms with Gasteiger partial charge in [-0.15, -0.1) is 0 Å². The predicted octanol–water partition coefficient (Wildman–Crippen LogP) is 4.62. The van der Waals surface area contributed by atoms with Crippen LogP contribution in [0.3, 0.4) is 0 Å². The lowest BCUT2D eigenvalue weighted by molar-refractivity contribution is -0.277. The minimum absolute atomic E-state index is 0.0219. The third-order valence-electron chi connectivity index (χ3n) is 19.7. The molecule has 40 nitrogen and oxygen atoms in total. The molecule has 0 aromatic rings. The molecule has 0 radical (unpaired) electrons. The van der Waals surface area contributed by atoms with Crippen LogP contribution >= 0.6 is 0 Å². The third kappa shape index (κ3) is 44.5. The number of rotatable bonds is 60. The van der Waals surface area contributed by atoms with E-state index in [0.29, 0.717) is 116 Å². The average molecular weight is 1770 g/mol. The Hall–Kier alpha value is -9.38. The van der Waals surface area contributed by atoms with Crippen LogP contribution in [0, 0.1) is 0 Å². The molecule has 0 spiro atoms. The molecule has 40 heteroatoms. The maximum atomic E-state index is 14.4. The summed E-state index contributed by atoms with van der Waals surface area (Å²) >= 11 is 0. The lowest BCUT2D eigenvalue weighted by atomic mass is 9.96. The fourth-order valence-electron chi connectivity index (χ4n) is 14.1. The van der Waals surface area contributed by atoms with E-state index in [1.807, 2.05) is 0 Å². The second-order valence-electron chi connectivity index (χ2n) is 30.7. The highest BCUT2D eigenvalue weighted by Gasteiger charge is 2.54. The molecule has 0 saturated carbocycles. The number of nitrogens with zero attached hydrogens (tertiary/aromatic N) is 2. The van der Waals surface area contributed by atoms with E-state index in [1.165, 1.54) is 41.5 Å². The fourth-order valence-corrected chi connectivity index (χ4v) is 14.1. The maximum Gasteiger partial charge on any atom is 0.307 e. The van der Waals surface area contributed by atoms with Gasteiger partial charge in [0.1, 0.15) is 67.8 Å². The normalized spacial score (nSPS) is 22.3. The molecule has 3 rings (SSSR count). The molecule has 0 bridgehead atoms. The van der Waals surface area contributed by atoms with Crippen molar-refractivity contribution in [2.24, 2.45) is 0 Å². The highest BCUT2D eigenvalue weighted by Crippen LogP contribution is 2.32. The average Bonchev–Trinajstić information content (AvgIpc) is 0.796. The van der Waals surface area contributed by atoms with Gasteiger partial charge in [0, 0.05) is 174 Å². The van der Waals surface area contributed by atoms with Crippen LogP contribution in [0.15, 0.2) is 0 Å². The summed E-state index contributed by atoms with van der Waals surface area (Å²) in [6, 6.07) is -3.42. The molecule has 4 N–H and O–H groups in total. The highest BCUT2D eigenvalue weighted by molar-refractivity contribution is 5.86. The smallest absolute Gasteiger partial charge is 0.307 e. The van der Waals surface area contributed by atoms with Gasteiger partial charge in [-0.25, -0.2) is 0 Å². The Morgan fingerprint density at radius 3 is 1.00 bits per heavy atom. The number of hydrogen-bond donors (Lipinski definition) is 4. The van der Waals surface area contributed by atoms with E-state index in [-0.39, 0.29) is 127 Å². The number of Topliss-reactive ketones (excluding diaryl/α,β-unsaturated/α-hetero) is 2. The fraction of sp³-hybridized carbons (Fsp3) is 0.786.